The fourth-order valence-corrected chi connectivity index (χ4v) is 4.08. The SMILES string of the molecule is COCCN1C(=O)CC[C@@]12CCCN(Cc1ccncc1)CC2. The van der Waals surface area contributed by atoms with Crippen molar-refractivity contribution in [1.29, 1.82) is 0 Å². The Hall–Kier alpha value is -1.46. The Balaban J connectivity index is 1.64. The van der Waals surface area contributed by atoms with Gasteiger partial charge in [-0.2, -0.15) is 0 Å². The van der Waals surface area contributed by atoms with Gasteiger partial charge in [0.1, 0.15) is 0 Å². The first-order valence-corrected chi connectivity index (χ1v) is 8.64. The average Bonchev–Trinajstić information content (AvgIpc) is 2.74. The van der Waals surface area contributed by atoms with Gasteiger partial charge in [-0.15, -0.1) is 0 Å². The van der Waals surface area contributed by atoms with Crippen LogP contribution in [0.1, 0.15) is 37.7 Å². The topological polar surface area (TPSA) is 45.7 Å². The molecule has 2 aliphatic rings. The maximum absolute atomic E-state index is 12.3. The highest BCUT2D eigenvalue weighted by atomic mass is 16.5. The number of hydrogen-bond donors (Lipinski definition) is 0. The summed E-state index contributed by atoms with van der Waals surface area (Å²) in [6.07, 6.45) is 8.78. The number of pyridine rings is 1. The molecular weight excluding hydrogens is 290 g/mol. The minimum absolute atomic E-state index is 0.0720. The second kappa shape index (κ2) is 7.41. The lowest BCUT2D eigenvalue weighted by molar-refractivity contribution is -0.132. The highest BCUT2D eigenvalue weighted by molar-refractivity contribution is 5.79. The zero-order valence-corrected chi connectivity index (χ0v) is 14.0. The van der Waals surface area contributed by atoms with Gasteiger partial charge in [-0.25, -0.2) is 0 Å². The fourth-order valence-electron chi connectivity index (χ4n) is 4.08. The molecule has 1 aromatic heterocycles. The molecule has 0 N–H and O–H groups in total. The van der Waals surface area contributed by atoms with Gasteiger partial charge >= 0.3 is 0 Å². The monoisotopic (exact) mass is 317 g/mol. The average molecular weight is 317 g/mol. The molecule has 1 aromatic rings. The third kappa shape index (κ3) is 3.72. The van der Waals surface area contributed by atoms with Gasteiger partial charge in [0.2, 0.25) is 5.91 Å². The van der Waals surface area contributed by atoms with Crippen LogP contribution in [0.2, 0.25) is 0 Å². The maximum atomic E-state index is 12.3. The highest BCUT2D eigenvalue weighted by Crippen LogP contribution is 2.39. The van der Waals surface area contributed by atoms with Crippen molar-refractivity contribution in [3.63, 3.8) is 0 Å². The lowest BCUT2D eigenvalue weighted by Crippen LogP contribution is -2.47. The molecule has 0 saturated carbocycles. The van der Waals surface area contributed by atoms with E-state index in [1.54, 1.807) is 7.11 Å². The van der Waals surface area contributed by atoms with Crippen LogP contribution in [0.15, 0.2) is 24.5 Å². The van der Waals surface area contributed by atoms with Gasteiger partial charge in [0.25, 0.3) is 0 Å². The molecule has 126 valence electrons. The van der Waals surface area contributed by atoms with Gasteiger partial charge in [0.05, 0.1) is 6.61 Å². The van der Waals surface area contributed by atoms with E-state index in [0.29, 0.717) is 18.9 Å². The predicted molar refractivity (Wildman–Crippen MR) is 88.9 cm³/mol. The molecule has 2 fully saturated rings. The molecule has 5 heteroatoms. The zero-order chi connectivity index (χ0) is 16.1. The molecule has 1 spiro atoms. The Morgan fingerprint density at radius 3 is 2.83 bits per heavy atom. The fraction of sp³-hybridized carbons (Fsp3) is 0.667. The molecule has 0 radical (unpaired) electrons. The van der Waals surface area contributed by atoms with E-state index in [1.807, 2.05) is 12.4 Å². The number of hydrogen-bond acceptors (Lipinski definition) is 4. The number of rotatable bonds is 5. The third-order valence-electron chi connectivity index (χ3n) is 5.36. The van der Waals surface area contributed by atoms with Gasteiger partial charge < -0.3 is 9.64 Å². The molecule has 23 heavy (non-hydrogen) atoms. The Labute approximate surface area is 138 Å². The van der Waals surface area contributed by atoms with Gasteiger partial charge in [-0.1, -0.05) is 0 Å². The molecule has 1 atom stereocenters. The molecule has 0 aromatic carbocycles. The smallest absolute Gasteiger partial charge is 0.223 e. The Bertz CT molecular complexity index is 522. The summed E-state index contributed by atoms with van der Waals surface area (Å²) in [5, 5.41) is 0. The van der Waals surface area contributed by atoms with Crippen LogP contribution in [0.25, 0.3) is 0 Å². The van der Waals surface area contributed by atoms with Crippen LogP contribution >= 0.6 is 0 Å². The number of carbonyl (C=O) groups is 1. The Morgan fingerprint density at radius 2 is 2.04 bits per heavy atom. The van der Waals surface area contributed by atoms with Crippen molar-refractivity contribution in [2.75, 3.05) is 33.4 Å². The van der Waals surface area contributed by atoms with Gasteiger partial charge in [-0.05, 0) is 49.9 Å². The Morgan fingerprint density at radius 1 is 1.22 bits per heavy atom. The van der Waals surface area contributed by atoms with E-state index < -0.39 is 0 Å². The number of likely N-dealkylation sites (tertiary alicyclic amines) is 2. The molecule has 3 rings (SSSR count). The molecule has 5 nitrogen and oxygen atoms in total. The molecule has 2 saturated heterocycles. The van der Waals surface area contributed by atoms with Crippen LogP contribution < -0.4 is 0 Å². The summed E-state index contributed by atoms with van der Waals surface area (Å²) in [7, 11) is 1.71. The number of methoxy groups -OCH3 is 1. The first kappa shape index (κ1) is 16.4. The quantitative estimate of drug-likeness (QED) is 0.834. The van der Waals surface area contributed by atoms with Gasteiger partial charge in [-0.3, -0.25) is 14.7 Å². The Kier molecular flexibility index (Phi) is 5.28. The zero-order valence-electron chi connectivity index (χ0n) is 14.0. The number of aromatic nitrogens is 1. The van der Waals surface area contributed by atoms with Crippen molar-refractivity contribution in [2.24, 2.45) is 0 Å². The van der Waals surface area contributed by atoms with Crippen LogP contribution in [-0.4, -0.2) is 59.6 Å². The summed E-state index contributed by atoms with van der Waals surface area (Å²) >= 11 is 0. The second-order valence-electron chi connectivity index (χ2n) is 6.75. The first-order chi connectivity index (χ1) is 11.2. The van der Waals surface area contributed by atoms with Crippen LogP contribution in [0, 0.1) is 0 Å². The maximum Gasteiger partial charge on any atom is 0.223 e. The van der Waals surface area contributed by atoms with Crippen molar-refractivity contribution in [1.82, 2.24) is 14.8 Å². The summed E-state index contributed by atoms with van der Waals surface area (Å²) in [4.78, 5) is 21.0. The molecule has 2 aliphatic heterocycles. The van der Waals surface area contributed by atoms with Crippen molar-refractivity contribution >= 4 is 5.91 Å². The number of amides is 1. The van der Waals surface area contributed by atoms with Crippen LogP contribution in [-0.2, 0) is 16.1 Å². The van der Waals surface area contributed by atoms with E-state index in [4.69, 9.17) is 4.74 Å². The summed E-state index contributed by atoms with van der Waals surface area (Å²) in [5.74, 6) is 0.310. The van der Waals surface area contributed by atoms with Crippen LogP contribution in [0.3, 0.4) is 0 Å². The van der Waals surface area contributed by atoms with Crippen molar-refractivity contribution in [2.45, 2.75) is 44.2 Å². The standard InChI is InChI=1S/C18H27N3O2/c1-23-14-13-21-17(22)3-7-18(21)6-2-11-20(12-8-18)15-16-4-9-19-10-5-16/h4-5,9-10H,2-3,6-8,11-15H2,1H3/t18-/m1/s1. The second-order valence-corrected chi connectivity index (χ2v) is 6.75. The lowest BCUT2D eigenvalue weighted by Gasteiger charge is -2.38. The minimum atomic E-state index is 0.0720. The van der Waals surface area contributed by atoms with Crippen molar-refractivity contribution in [3.05, 3.63) is 30.1 Å². The first-order valence-electron chi connectivity index (χ1n) is 8.64. The summed E-state index contributed by atoms with van der Waals surface area (Å²) in [6.45, 7) is 4.51. The van der Waals surface area contributed by atoms with E-state index in [0.717, 1.165) is 51.9 Å². The highest BCUT2D eigenvalue weighted by Gasteiger charge is 2.45. The van der Waals surface area contributed by atoms with E-state index in [-0.39, 0.29) is 5.54 Å². The largest absolute Gasteiger partial charge is 0.383 e. The number of nitrogens with zero attached hydrogens (tertiary/aromatic N) is 3. The van der Waals surface area contributed by atoms with Gasteiger partial charge in [0.15, 0.2) is 0 Å². The normalized spacial score (nSPS) is 26.0. The summed E-state index contributed by atoms with van der Waals surface area (Å²) in [6, 6.07) is 4.18. The molecule has 0 unspecified atom stereocenters. The van der Waals surface area contributed by atoms with Crippen LogP contribution in [0.4, 0.5) is 0 Å². The minimum Gasteiger partial charge on any atom is -0.383 e. The lowest BCUT2D eigenvalue weighted by atomic mass is 9.88. The number of carbonyl (C=O) groups excluding carboxylic acids is 1. The number of ether oxygens (including phenoxy) is 1. The van der Waals surface area contributed by atoms with E-state index >= 15 is 0 Å². The molecule has 1 amide bonds. The predicted octanol–water partition coefficient (Wildman–Crippen LogP) is 2.08. The summed E-state index contributed by atoms with van der Waals surface area (Å²) < 4.78 is 5.21. The van der Waals surface area contributed by atoms with Gasteiger partial charge in [0, 0.05) is 51.1 Å². The van der Waals surface area contributed by atoms with E-state index in [2.05, 4.69) is 26.9 Å². The van der Waals surface area contributed by atoms with Crippen LogP contribution in [0.5, 0.6) is 0 Å². The van der Waals surface area contributed by atoms with Crippen molar-refractivity contribution in [3.8, 4) is 0 Å². The molecule has 0 aliphatic carbocycles. The van der Waals surface area contributed by atoms with Crippen molar-refractivity contribution < 1.29 is 9.53 Å². The van der Waals surface area contributed by atoms with E-state index in [1.165, 1.54) is 5.56 Å². The third-order valence-corrected chi connectivity index (χ3v) is 5.36. The van der Waals surface area contributed by atoms with E-state index in [9.17, 15) is 4.79 Å². The molecule has 3 heterocycles. The summed E-state index contributed by atoms with van der Waals surface area (Å²) in [5.41, 5.74) is 1.39. The molecule has 0 bridgehead atoms. The molecular formula is C18H27N3O2.